The maximum Gasteiger partial charge on any atom is 0.191 e. The molecule has 0 radical (unpaired) electrons. The molecule has 0 amide bonds. The zero-order chi connectivity index (χ0) is 17.4. The van der Waals surface area contributed by atoms with E-state index in [4.69, 9.17) is 0 Å². The van der Waals surface area contributed by atoms with Gasteiger partial charge in [-0.15, -0.1) is 0 Å². The highest BCUT2D eigenvalue weighted by Crippen LogP contribution is 2.19. The van der Waals surface area contributed by atoms with Gasteiger partial charge in [-0.2, -0.15) is 0 Å². The fraction of sp³-hybridized carbons (Fsp3) is 0.632. The van der Waals surface area contributed by atoms with Crippen molar-refractivity contribution in [1.82, 2.24) is 15.5 Å². The topological polar surface area (TPSA) is 39.7 Å². The number of aliphatic imine (C=N–C) groups is 1. The Morgan fingerprint density at radius 2 is 1.79 bits per heavy atom. The van der Waals surface area contributed by atoms with Crippen molar-refractivity contribution in [3.05, 3.63) is 35.6 Å². The van der Waals surface area contributed by atoms with Gasteiger partial charge < -0.3 is 10.6 Å². The number of benzene rings is 1. The van der Waals surface area contributed by atoms with Gasteiger partial charge in [0.15, 0.2) is 5.96 Å². The van der Waals surface area contributed by atoms with Crippen molar-refractivity contribution in [2.75, 3.05) is 33.2 Å². The first-order chi connectivity index (χ1) is 11.5. The number of likely N-dealkylation sites (tertiary alicyclic amines) is 1. The Balaban J connectivity index is 1.74. The van der Waals surface area contributed by atoms with Crippen molar-refractivity contribution in [2.24, 2.45) is 4.99 Å². The molecule has 1 fully saturated rings. The van der Waals surface area contributed by atoms with Crippen LogP contribution in [0, 0.1) is 5.82 Å². The molecule has 1 aliphatic heterocycles. The summed E-state index contributed by atoms with van der Waals surface area (Å²) in [6.45, 7) is 8.59. The zero-order valence-corrected chi connectivity index (χ0v) is 15.2. The monoisotopic (exact) mass is 334 g/mol. The number of hydrogen-bond donors (Lipinski definition) is 2. The van der Waals surface area contributed by atoms with Gasteiger partial charge in [-0.3, -0.25) is 9.89 Å². The van der Waals surface area contributed by atoms with Gasteiger partial charge in [0.25, 0.3) is 0 Å². The molecule has 0 aliphatic carbocycles. The molecule has 0 atom stereocenters. The largest absolute Gasteiger partial charge is 0.356 e. The quantitative estimate of drug-likeness (QED) is 0.621. The lowest BCUT2D eigenvalue weighted by Gasteiger charge is -2.41. The van der Waals surface area contributed by atoms with Crippen molar-refractivity contribution in [1.29, 1.82) is 0 Å². The zero-order valence-electron chi connectivity index (χ0n) is 15.2. The van der Waals surface area contributed by atoms with Crippen LogP contribution in [-0.4, -0.2) is 49.6 Å². The van der Waals surface area contributed by atoms with Crippen LogP contribution >= 0.6 is 0 Å². The van der Waals surface area contributed by atoms with Crippen LogP contribution in [0.4, 0.5) is 4.39 Å². The predicted octanol–water partition coefficient (Wildman–Crippen LogP) is 2.80. The van der Waals surface area contributed by atoms with E-state index in [0.29, 0.717) is 0 Å². The third-order valence-corrected chi connectivity index (χ3v) is 4.74. The molecule has 1 aromatic rings. The van der Waals surface area contributed by atoms with E-state index >= 15 is 0 Å². The molecule has 4 nitrogen and oxygen atoms in total. The first-order valence-corrected chi connectivity index (χ1v) is 8.95. The Kier molecular flexibility index (Phi) is 7.03. The van der Waals surface area contributed by atoms with Gasteiger partial charge in [0.05, 0.1) is 0 Å². The van der Waals surface area contributed by atoms with E-state index in [1.807, 2.05) is 12.1 Å². The molecule has 0 unspecified atom stereocenters. The molecule has 1 saturated heterocycles. The number of nitrogens with one attached hydrogen (secondary N) is 2. The maximum atomic E-state index is 12.9. The number of rotatable bonds is 6. The smallest absolute Gasteiger partial charge is 0.191 e. The molecule has 1 aromatic carbocycles. The molecule has 1 aliphatic rings. The summed E-state index contributed by atoms with van der Waals surface area (Å²) in [5, 5.41) is 6.77. The van der Waals surface area contributed by atoms with Crippen molar-refractivity contribution in [2.45, 2.75) is 45.1 Å². The lowest BCUT2D eigenvalue weighted by atomic mass is 9.98. The highest BCUT2D eigenvalue weighted by Gasteiger charge is 2.27. The Morgan fingerprint density at radius 3 is 2.42 bits per heavy atom. The van der Waals surface area contributed by atoms with Crippen molar-refractivity contribution in [3.63, 3.8) is 0 Å². The fourth-order valence-corrected chi connectivity index (χ4v) is 3.11. The molecular formula is C19H31FN4. The molecule has 5 heteroatoms. The van der Waals surface area contributed by atoms with E-state index in [0.717, 1.165) is 31.0 Å². The van der Waals surface area contributed by atoms with Crippen LogP contribution in [0.25, 0.3) is 0 Å². The summed E-state index contributed by atoms with van der Waals surface area (Å²) < 4.78 is 12.9. The third-order valence-electron chi connectivity index (χ3n) is 4.74. The Hall–Kier alpha value is -1.62. The number of piperidine rings is 1. The Morgan fingerprint density at radius 1 is 1.12 bits per heavy atom. The second-order valence-corrected chi connectivity index (χ2v) is 7.09. The highest BCUT2D eigenvalue weighted by atomic mass is 19.1. The van der Waals surface area contributed by atoms with E-state index < -0.39 is 0 Å². The number of nitrogens with zero attached hydrogens (tertiary/aromatic N) is 2. The van der Waals surface area contributed by atoms with Crippen molar-refractivity contribution < 1.29 is 4.39 Å². The average Bonchev–Trinajstić information content (AvgIpc) is 2.60. The van der Waals surface area contributed by atoms with Gasteiger partial charge >= 0.3 is 0 Å². The van der Waals surface area contributed by atoms with E-state index in [1.54, 1.807) is 7.05 Å². The molecule has 134 valence electrons. The first kappa shape index (κ1) is 18.7. The SMILES string of the molecule is CN=C(NCCc1ccc(F)cc1)NCC(C)(C)N1CCCCC1. The van der Waals surface area contributed by atoms with Crippen LogP contribution in [0.5, 0.6) is 0 Å². The van der Waals surface area contributed by atoms with Gasteiger partial charge in [-0.1, -0.05) is 18.6 Å². The van der Waals surface area contributed by atoms with Gasteiger partial charge in [-0.05, 0) is 63.9 Å². The van der Waals surface area contributed by atoms with E-state index in [1.165, 1.54) is 44.5 Å². The molecular weight excluding hydrogens is 303 g/mol. The summed E-state index contributed by atoms with van der Waals surface area (Å²) in [4.78, 5) is 6.86. The normalized spacial score (nSPS) is 16.9. The number of halogens is 1. The fourth-order valence-electron chi connectivity index (χ4n) is 3.11. The van der Waals surface area contributed by atoms with E-state index in [9.17, 15) is 4.39 Å². The average molecular weight is 334 g/mol. The second-order valence-electron chi connectivity index (χ2n) is 7.09. The number of guanidine groups is 1. The molecule has 2 N–H and O–H groups in total. The summed E-state index contributed by atoms with van der Waals surface area (Å²) in [6.07, 6.45) is 4.80. The second kappa shape index (κ2) is 9.02. The van der Waals surface area contributed by atoms with Crippen LogP contribution in [0.1, 0.15) is 38.7 Å². The van der Waals surface area contributed by atoms with Gasteiger partial charge in [0.2, 0.25) is 0 Å². The summed E-state index contributed by atoms with van der Waals surface area (Å²) in [5.41, 5.74) is 1.24. The van der Waals surface area contributed by atoms with Gasteiger partial charge in [0.1, 0.15) is 5.82 Å². The Labute approximate surface area is 145 Å². The molecule has 0 spiro atoms. The van der Waals surface area contributed by atoms with Crippen LogP contribution in [0.15, 0.2) is 29.3 Å². The van der Waals surface area contributed by atoms with Crippen LogP contribution in [-0.2, 0) is 6.42 Å². The summed E-state index contributed by atoms with van der Waals surface area (Å²) in [6, 6.07) is 6.66. The standard InChI is InChI=1S/C19H31FN4/c1-19(2,24-13-5-4-6-14-24)15-23-18(21-3)22-12-11-16-7-9-17(20)10-8-16/h7-10H,4-6,11-15H2,1-3H3,(H2,21,22,23). The van der Waals surface area contributed by atoms with E-state index in [-0.39, 0.29) is 11.4 Å². The lowest BCUT2D eigenvalue weighted by Crippen LogP contribution is -2.55. The highest BCUT2D eigenvalue weighted by molar-refractivity contribution is 5.79. The maximum absolute atomic E-state index is 12.9. The lowest BCUT2D eigenvalue weighted by molar-refractivity contribution is 0.0982. The molecule has 0 bridgehead atoms. The molecule has 1 heterocycles. The van der Waals surface area contributed by atoms with Gasteiger partial charge in [-0.25, -0.2) is 4.39 Å². The van der Waals surface area contributed by atoms with Gasteiger partial charge in [0, 0.05) is 25.7 Å². The Bertz CT molecular complexity index is 519. The van der Waals surface area contributed by atoms with Crippen molar-refractivity contribution >= 4 is 5.96 Å². The van der Waals surface area contributed by atoms with Crippen LogP contribution in [0.3, 0.4) is 0 Å². The summed E-state index contributed by atoms with van der Waals surface area (Å²) >= 11 is 0. The first-order valence-electron chi connectivity index (χ1n) is 8.95. The summed E-state index contributed by atoms with van der Waals surface area (Å²) in [7, 11) is 1.79. The van der Waals surface area contributed by atoms with E-state index in [2.05, 4.69) is 34.4 Å². The molecule has 0 aromatic heterocycles. The predicted molar refractivity (Wildman–Crippen MR) is 99.0 cm³/mol. The van der Waals surface area contributed by atoms with Crippen molar-refractivity contribution in [3.8, 4) is 0 Å². The summed E-state index contributed by atoms with van der Waals surface area (Å²) in [5.74, 6) is 0.631. The van der Waals surface area contributed by atoms with Crippen LogP contribution < -0.4 is 10.6 Å². The third kappa shape index (κ3) is 5.78. The van der Waals surface area contributed by atoms with Crippen LogP contribution in [0.2, 0.25) is 0 Å². The minimum atomic E-state index is -0.191. The molecule has 24 heavy (non-hydrogen) atoms. The minimum Gasteiger partial charge on any atom is -0.356 e. The molecule has 2 rings (SSSR count). The minimum absolute atomic E-state index is 0.120. The molecule has 0 saturated carbocycles. The number of hydrogen-bond acceptors (Lipinski definition) is 2.